The second-order valence-corrected chi connectivity index (χ2v) is 7.34. The van der Waals surface area contributed by atoms with E-state index in [0.717, 1.165) is 0 Å². The van der Waals surface area contributed by atoms with E-state index in [1.54, 1.807) is 30.8 Å². The maximum atomic E-state index is 10.6. The normalized spacial score (nSPS) is 15.2. The minimum Gasteiger partial charge on any atom is -0.395 e. The van der Waals surface area contributed by atoms with Gasteiger partial charge in [0, 0.05) is 32.0 Å². The molecule has 0 radical (unpaired) electrons. The number of fused-ring (bicyclic) bond motifs is 1. The van der Waals surface area contributed by atoms with Crippen molar-refractivity contribution in [3.05, 3.63) is 18.2 Å². The Morgan fingerprint density at radius 3 is 2.45 bits per heavy atom. The molecule has 0 aromatic carbocycles. The Bertz CT molecular complexity index is 1010. The molecule has 0 aliphatic carbocycles. The molecule has 0 spiro atoms. The number of nitrogens with two attached hydrogens (primary N) is 1. The Morgan fingerprint density at radius 1 is 1.14 bits per heavy atom. The van der Waals surface area contributed by atoms with Crippen LogP contribution in [0.15, 0.2) is 12.4 Å². The number of rotatable bonds is 5. The SMILES string of the molecule is CC(C)(O)c1nc2c(N3CCOCC3)nc(-c3cnc(N)nc3)nc2n1CCO. The predicted octanol–water partition coefficient (Wildman–Crippen LogP) is -0.0782. The molecular formula is C18H24N8O3. The summed E-state index contributed by atoms with van der Waals surface area (Å²) in [4.78, 5) is 24.2. The van der Waals surface area contributed by atoms with Crippen molar-refractivity contribution in [3.63, 3.8) is 0 Å². The van der Waals surface area contributed by atoms with E-state index in [-0.39, 0.29) is 19.1 Å². The van der Waals surface area contributed by atoms with Crippen LogP contribution in [0.5, 0.6) is 0 Å². The molecule has 0 saturated carbocycles. The fourth-order valence-corrected chi connectivity index (χ4v) is 3.34. The molecule has 0 amide bonds. The van der Waals surface area contributed by atoms with E-state index in [1.165, 1.54) is 0 Å². The van der Waals surface area contributed by atoms with Gasteiger partial charge in [0.25, 0.3) is 0 Å². The molecule has 11 nitrogen and oxygen atoms in total. The summed E-state index contributed by atoms with van der Waals surface area (Å²) in [6.07, 6.45) is 3.13. The number of nitrogen functional groups attached to an aromatic ring is 1. The number of aromatic nitrogens is 6. The highest BCUT2D eigenvalue weighted by molar-refractivity contribution is 5.86. The van der Waals surface area contributed by atoms with Gasteiger partial charge in [-0.2, -0.15) is 0 Å². The first-order valence-corrected chi connectivity index (χ1v) is 9.41. The maximum Gasteiger partial charge on any atom is 0.219 e. The quantitative estimate of drug-likeness (QED) is 0.531. The first-order chi connectivity index (χ1) is 13.9. The van der Waals surface area contributed by atoms with Crippen molar-refractivity contribution in [3.8, 4) is 11.4 Å². The lowest BCUT2D eigenvalue weighted by Crippen LogP contribution is -2.37. The van der Waals surface area contributed by atoms with E-state index in [2.05, 4.69) is 24.8 Å². The molecule has 3 aromatic heterocycles. The standard InChI is InChI=1S/C18H24N8O3/c1-18(2,28)16-22-12-14(25-4-7-29-8-5-25)23-13(11-9-20-17(19)21-10-11)24-15(12)26(16)3-6-27/h9-10,27-28H,3-8H2,1-2H3,(H2,19,20,21). The largest absolute Gasteiger partial charge is 0.395 e. The molecule has 29 heavy (non-hydrogen) atoms. The molecule has 1 aliphatic heterocycles. The number of aliphatic hydroxyl groups excluding tert-OH is 1. The highest BCUT2D eigenvalue weighted by Crippen LogP contribution is 2.31. The van der Waals surface area contributed by atoms with Crippen LogP contribution in [-0.2, 0) is 16.9 Å². The van der Waals surface area contributed by atoms with E-state index >= 15 is 0 Å². The predicted molar refractivity (Wildman–Crippen MR) is 106 cm³/mol. The zero-order valence-corrected chi connectivity index (χ0v) is 16.4. The molecule has 1 saturated heterocycles. The zero-order chi connectivity index (χ0) is 20.6. The minimum atomic E-state index is -1.22. The number of imidazole rings is 1. The summed E-state index contributed by atoms with van der Waals surface area (Å²) in [6.45, 7) is 5.92. The van der Waals surface area contributed by atoms with Crippen LogP contribution in [0.3, 0.4) is 0 Å². The zero-order valence-electron chi connectivity index (χ0n) is 16.4. The highest BCUT2D eigenvalue weighted by atomic mass is 16.5. The fourth-order valence-electron chi connectivity index (χ4n) is 3.34. The Morgan fingerprint density at radius 2 is 1.83 bits per heavy atom. The maximum absolute atomic E-state index is 10.6. The Balaban J connectivity index is 1.97. The van der Waals surface area contributed by atoms with E-state index in [0.29, 0.717) is 60.5 Å². The second-order valence-electron chi connectivity index (χ2n) is 7.34. The third-order valence-electron chi connectivity index (χ3n) is 4.69. The number of anilines is 2. The molecule has 4 rings (SSSR count). The monoisotopic (exact) mass is 400 g/mol. The lowest BCUT2D eigenvalue weighted by Gasteiger charge is -2.28. The Hall–Kier alpha value is -2.89. The summed E-state index contributed by atoms with van der Waals surface area (Å²) in [5.41, 5.74) is 6.09. The number of hydrogen-bond acceptors (Lipinski definition) is 10. The molecule has 1 aliphatic rings. The van der Waals surface area contributed by atoms with Crippen molar-refractivity contribution in [1.82, 2.24) is 29.5 Å². The summed E-state index contributed by atoms with van der Waals surface area (Å²) in [7, 11) is 0. The van der Waals surface area contributed by atoms with E-state index < -0.39 is 5.60 Å². The van der Waals surface area contributed by atoms with Gasteiger partial charge >= 0.3 is 0 Å². The van der Waals surface area contributed by atoms with Crippen molar-refractivity contribution in [1.29, 1.82) is 0 Å². The van der Waals surface area contributed by atoms with Crippen molar-refractivity contribution < 1.29 is 14.9 Å². The average molecular weight is 400 g/mol. The summed E-state index contributed by atoms with van der Waals surface area (Å²) in [6, 6.07) is 0. The van der Waals surface area contributed by atoms with Gasteiger partial charge in [0.15, 0.2) is 22.8 Å². The molecule has 4 N–H and O–H groups in total. The molecule has 3 aromatic rings. The number of ether oxygens (including phenoxy) is 1. The van der Waals surface area contributed by atoms with Crippen LogP contribution in [0, 0.1) is 0 Å². The van der Waals surface area contributed by atoms with Crippen LogP contribution < -0.4 is 10.6 Å². The van der Waals surface area contributed by atoms with Crippen LogP contribution >= 0.6 is 0 Å². The highest BCUT2D eigenvalue weighted by Gasteiger charge is 2.29. The molecule has 0 unspecified atom stereocenters. The molecular weight excluding hydrogens is 376 g/mol. The van der Waals surface area contributed by atoms with Crippen molar-refractivity contribution >= 4 is 22.9 Å². The summed E-state index contributed by atoms with van der Waals surface area (Å²) < 4.78 is 7.19. The Labute approximate surface area is 167 Å². The van der Waals surface area contributed by atoms with Crippen LogP contribution in [-0.4, -0.2) is 72.6 Å². The van der Waals surface area contributed by atoms with Gasteiger partial charge in [-0.1, -0.05) is 0 Å². The number of aliphatic hydroxyl groups is 2. The molecule has 11 heteroatoms. The van der Waals surface area contributed by atoms with Crippen LogP contribution in [0.4, 0.5) is 11.8 Å². The van der Waals surface area contributed by atoms with Gasteiger partial charge in [-0.3, -0.25) is 0 Å². The third-order valence-corrected chi connectivity index (χ3v) is 4.69. The molecule has 0 atom stereocenters. The van der Waals surface area contributed by atoms with Gasteiger partial charge in [-0.05, 0) is 13.8 Å². The fraction of sp³-hybridized carbons (Fsp3) is 0.500. The van der Waals surface area contributed by atoms with Gasteiger partial charge in [-0.15, -0.1) is 0 Å². The van der Waals surface area contributed by atoms with Crippen LogP contribution in [0.25, 0.3) is 22.6 Å². The van der Waals surface area contributed by atoms with Crippen molar-refractivity contribution in [2.45, 2.75) is 26.0 Å². The molecule has 0 bridgehead atoms. The van der Waals surface area contributed by atoms with E-state index in [9.17, 15) is 10.2 Å². The average Bonchev–Trinajstić information content (AvgIpc) is 3.08. The first-order valence-electron chi connectivity index (χ1n) is 9.41. The lowest BCUT2D eigenvalue weighted by atomic mass is 10.1. The summed E-state index contributed by atoms with van der Waals surface area (Å²) >= 11 is 0. The Kier molecular flexibility index (Phi) is 5.03. The minimum absolute atomic E-state index is 0.119. The van der Waals surface area contributed by atoms with Crippen molar-refractivity contribution in [2.24, 2.45) is 0 Å². The van der Waals surface area contributed by atoms with Gasteiger partial charge < -0.3 is 30.2 Å². The van der Waals surface area contributed by atoms with Crippen LogP contribution in [0.1, 0.15) is 19.7 Å². The molecule has 1 fully saturated rings. The van der Waals surface area contributed by atoms with Gasteiger partial charge in [-0.25, -0.2) is 24.9 Å². The third kappa shape index (κ3) is 3.71. The smallest absolute Gasteiger partial charge is 0.219 e. The van der Waals surface area contributed by atoms with Gasteiger partial charge in [0.2, 0.25) is 5.95 Å². The van der Waals surface area contributed by atoms with Gasteiger partial charge in [0.05, 0.1) is 25.4 Å². The number of nitrogens with zero attached hydrogens (tertiary/aromatic N) is 7. The topological polar surface area (TPSA) is 148 Å². The van der Waals surface area contributed by atoms with E-state index in [4.69, 9.17) is 15.5 Å². The van der Waals surface area contributed by atoms with Crippen LogP contribution in [0.2, 0.25) is 0 Å². The number of hydrogen-bond donors (Lipinski definition) is 3. The van der Waals surface area contributed by atoms with E-state index in [1.807, 2.05) is 0 Å². The molecule has 4 heterocycles. The molecule has 154 valence electrons. The first kappa shape index (κ1) is 19.4. The summed E-state index contributed by atoms with van der Waals surface area (Å²) in [5, 5.41) is 20.2. The number of morpholine rings is 1. The second kappa shape index (κ2) is 7.50. The summed E-state index contributed by atoms with van der Waals surface area (Å²) in [5.74, 6) is 1.64. The van der Waals surface area contributed by atoms with Crippen molar-refractivity contribution in [2.75, 3.05) is 43.5 Å². The van der Waals surface area contributed by atoms with Gasteiger partial charge in [0.1, 0.15) is 11.4 Å². The lowest BCUT2D eigenvalue weighted by molar-refractivity contribution is 0.0642.